The van der Waals surface area contributed by atoms with Gasteiger partial charge in [-0.1, -0.05) is 35.5 Å². The number of aromatic nitrogens is 1. The maximum absolute atomic E-state index is 10.7. The largest absolute Gasteiger partial charge is 0.370 e. The van der Waals surface area contributed by atoms with Crippen molar-refractivity contribution in [2.75, 3.05) is 0 Å². The molecule has 0 fully saturated rings. The molecular formula is C12H12N2O2. The summed E-state index contributed by atoms with van der Waals surface area (Å²) in [6.07, 6.45) is 2.50. The molecule has 0 spiro atoms. The van der Waals surface area contributed by atoms with Gasteiger partial charge in [0.15, 0.2) is 5.76 Å². The molecule has 1 aromatic carbocycles. The van der Waals surface area contributed by atoms with Crippen LogP contribution in [0.15, 0.2) is 41.1 Å². The van der Waals surface area contributed by atoms with Gasteiger partial charge in [-0.05, 0) is 6.42 Å². The van der Waals surface area contributed by atoms with Crippen LogP contribution >= 0.6 is 0 Å². The van der Waals surface area contributed by atoms with Gasteiger partial charge in [-0.3, -0.25) is 4.79 Å². The minimum absolute atomic E-state index is 0.307. The molecule has 0 aliphatic carbocycles. The summed E-state index contributed by atoms with van der Waals surface area (Å²) < 4.78 is 5.18. The van der Waals surface area contributed by atoms with Crippen LogP contribution in [0.5, 0.6) is 0 Å². The number of hydrogen-bond donors (Lipinski definition) is 1. The average molecular weight is 216 g/mol. The van der Waals surface area contributed by atoms with Gasteiger partial charge >= 0.3 is 0 Å². The number of carbonyl (C=O) groups is 1. The lowest BCUT2D eigenvalue weighted by Gasteiger charge is -1.99. The van der Waals surface area contributed by atoms with Crippen LogP contribution in [-0.2, 0) is 11.2 Å². The normalized spacial score (nSPS) is 10.2. The highest BCUT2D eigenvalue weighted by Gasteiger charge is 2.10. The lowest BCUT2D eigenvalue weighted by Crippen LogP contribution is -2.11. The van der Waals surface area contributed by atoms with Gasteiger partial charge in [0.1, 0.15) is 0 Å². The zero-order valence-electron chi connectivity index (χ0n) is 8.72. The number of nitrogens with two attached hydrogens (primary N) is 1. The first kappa shape index (κ1) is 10.4. The monoisotopic (exact) mass is 216 g/mol. The van der Waals surface area contributed by atoms with Gasteiger partial charge in [0, 0.05) is 17.5 Å². The van der Waals surface area contributed by atoms with E-state index in [1.54, 1.807) is 6.20 Å². The van der Waals surface area contributed by atoms with E-state index in [0.717, 1.165) is 11.1 Å². The van der Waals surface area contributed by atoms with Crippen molar-refractivity contribution >= 4 is 5.91 Å². The van der Waals surface area contributed by atoms with Crippen molar-refractivity contribution in [2.24, 2.45) is 5.73 Å². The molecule has 2 N–H and O–H groups in total. The molecule has 0 saturated carbocycles. The van der Waals surface area contributed by atoms with E-state index >= 15 is 0 Å². The van der Waals surface area contributed by atoms with E-state index in [9.17, 15) is 4.79 Å². The van der Waals surface area contributed by atoms with Crippen molar-refractivity contribution in [3.05, 3.63) is 42.1 Å². The third kappa shape index (κ3) is 2.28. The maximum Gasteiger partial charge on any atom is 0.217 e. The highest BCUT2D eigenvalue weighted by atomic mass is 16.5. The van der Waals surface area contributed by atoms with Gasteiger partial charge in [-0.2, -0.15) is 0 Å². The van der Waals surface area contributed by atoms with Crippen molar-refractivity contribution in [2.45, 2.75) is 12.8 Å². The van der Waals surface area contributed by atoms with E-state index in [0.29, 0.717) is 18.6 Å². The summed E-state index contributed by atoms with van der Waals surface area (Å²) in [6, 6.07) is 9.66. The summed E-state index contributed by atoms with van der Waals surface area (Å²) >= 11 is 0. The fraction of sp³-hybridized carbons (Fsp3) is 0.167. The van der Waals surface area contributed by atoms with Crippen LogP contribution in [0.3, 0.4) is 0 Å². The van der Waals surface area contributed by atoms with Gasteiger partial charge < -0.3 is 10.3 Å². The van der Waals surface area contributed by atoms with Crippen LogP contribution in [0.4, 0.5) is 0 Å². The van der Waals surface area contributed by atoms with Crippen molar-refractivity contribution in [1.82, 2.24) is 5.16 Å². The van der Waals surface area contributed by atoms with E-state index in [-0.39, 0.29) is 5.91 Å². The Kier molecular flexibility index (Phi) is 3.00. The van der Waals surface area contributed by atoms with E-state index in [4.69, 9.17) is 10.3 Å². The number of aryl methyl sites for hydroxylation is 1. The van der Waals surface area contributed by atoms with Crippen molar-refractivity contribution in [3.63, 3.8) is 0 Å². The Morgan fingerprint density at radius 1 is 1.31 bits per heavy atom. The second kappa shape index (κ2) is 4.61. The van der Waals surface area contributed by atoms with Crippen molar-refractivity contribution in [1.29, 1.82) is 0 Å². The first-order valence-electron chi connectivity index (χ1n) is 5.04. The molecule has 1 aromatic heterocycles. The molecule has 1 amide bonds. The topological polar surface area (TPSA) is 69.1 Å². The number of nitrogens with zero attached hydrogens (tertiary/aromatic N) is 1. The van der Waals surface area contributed by atoms with Crippen LogP contribution in [-0.4, -0.2) is 11.1 Å². The van der Waals surface area contributed by atoms with Gasteiger partial charge in [0.25, 0.3) is 0 Å². The maximum atomic E-state index is 10.7. The Morgan fingerprint density at radius 3 is 2.75 bits per heavy atom. The van der Waals surface area contributed by atoms with Crippen molar-refractivity contribution < 1.29 is 9.32 Å². The second-order valence-electron chi connectivity index (χ2n) is 3.51. The molecule has 0 saturated heterocycles. The molecule has 16 heavy (non-hydrogen) atoms. The lowest BCUT2D eigenvalue weighted by molar-refractivity contribution is -0.117. The number of amides is 1. The summed E-state index contributed by atoms with van der Waals surface area (Å²) in [5, 5.41) is 3.75. The summed E-state index contributed by atoms with van der Waals surface area (Å²) in [5.41, 5.74) is 6.97. The molecule has 0 bridgehead atoms. The quantitative estimate of drug-likeness (QED) is 0.846. The highest BCUT2D eigenvalue weighted by molar-refractivity contribution is 5.74. The van der Waals surface area contributed by atoms with E-state index in [1.807, 2.05) is 30.3 Å². The lowest BCUT2D eigenvalue weighted by atomic mass is 10.1. The van der Waals surface area contributed by atoms with Crippen LogP contribution < -0.4 is 5.73 Å². The molecule has 2 aromatic rings. The average Bonchev–Trinajstić information content (AvgIpc) is 2.75. The summed E-state index contributed by atoms with van der Waals surface area (Å²) in [6.45, 7) is 0. The first-order chi connectivity index (χ1) is 7.77. The molecule has 0 aliphatic heterocycles. The third-order valence-electron chi connectivity index (χ3n) is 2.32. The summed E-state index contributed by atoms with van der Waals surface area (Å²) in [4.78, 5) is 10.7. The number of hydrogen-bond acceptors (Lipinski definition) is 3. The predicted octanol–water partition coefficient (Wildman–Crippen LogP) is 1.76. The van der Waals surface area contributed by atoms with Crippen LogP contribution in [0, 0.1) is 0 Å². The van der Waals surface area contributed by atoms with Crippen LogP contribution in [0.25, 0.3) is 11.3 Å². The van der Waals surface area contributed by atoms with E-state index in [1.165, 1.54) is 0 Å². The Bertz CT molecular complexity index is 477. The highest BCUT2D eigenvalue weighted by Crippen LogP contribution is 2.23. The smallest absolute Gasteiger partial charge is 0.217 e. The molecule has 1 heterocycles. The second-order valence-corrected chi connectivity index (χ2v) is 3.51. The Hall–Kier alpha value is -2.10. The molecule has 0 radical (unpaired) electrons. The summed E-state index contributed by atoms with van der Waals surface area (Å²) in [7, 11) is 0. The molecule has 4 heteroatoms. The van der Waals surface area contributed by atoms with Crippen LogP contribution in [0.2, 0.25) is 0 Å². The molecule has 4 nitrogen and oxygen atoms in total. The van der Waals surface area contributed by atoms with Crippen molar-refractivity contribution in [3.8, 4) is 11.3 Å². The summed E-state index contributed by atoms with van der Waals surface area (Å²) in [5.74, 6) is 0.391. The fourth-order valence-corrected chi connectivity index (χ4v) is 1.52. The van der Waals surface area contributed by atoms with Crippen LogP contribution in [0.1, 0.15) is 12.0 Å². The van der Waals surface area contributed by atoms with Gasteiger partial charge in [-0.15, -0.1) is 0 Å². The zero-order valence-corrected chi connectivity index (χ0v) is 8.72. The number of rotatable bonds is 4. The van der Waals surface area contributed by atoms with E-state index in [2.05, 4.69) is 5.16 Å². The standard InChI is InChI=1S/C12H12N2O2/c13-11(15)7-6-10-8-14-16-12(10)9-4-2-1-3-5-9/h1-5,8H,6-7H2,(H2,13,15). The SMILES string of the molecule is NC(=O)CCc1cnoc1-c1ccccc1. The molecule has 0 aliphatic rings. The number of carbonyl (C=O) groups excluding carboxylic acids is 1. The predicted molar refractivity (Wildman–Crippen MR) is 59.5 cm³/mol. The van der Waals surface area contributed by atoms with Gasteiger partial charge in [-0.25, -0.2) is 0 Å². The fourth-order valence-electron chi connectivity index (χ4n) is 1.52. The van der Waals surface area contributed by atoms with Gasteiger partial charge in [0.05, 0.1) is 6.20 Å². The molecular weight excluding hydrogens is 204 g/mol. The Morgan fingerprint density at radius 2 is 2.06 bits per heavy atom. The first-order valence-corrected chi connectivity index (χ1v) is 5.04. The number of benzene rings is 1. The third-order valence-corrected chi connectivity index (χ3v) is 2.32. The number of primary amides is 1. The minimum Gasteiger partial charge on any atom is -0.370 e. The molecule has 2 rings (SSSR count). The molecule has 82 valence electrons. The molecule has 0 atom stereocenters. The Balaban J connectivity index is 2.23. The van der Waals surface area contributed by atoms with E-state index < -0.39 is 0 Å². The Labute approximate surface area is 93.1 Å². The van der Waals surface area contributed by atoms with Gasteiger partial charge in [0.2, 0.25) is 5.91 Å². The zero-order chi connectivity index (χ0) is 11.4. The minimum atomic E-state index is -0.319. The molecule has 0 unspecified atom stereocenters.